The minimum absolute atomic E-state index is 0.190. The van der Waals surface area contributed by atoms with Crippen molar-refractivity contribution in [1.29, 1.82) is 0 Å². The molecule has 1 atom stereocenters. The van der Waals surface area contributed by atoms with E-state index in [1.807, 2.05) is 18.2 Å². The second-order valence-electron chi connectivity index (χ2n) is 3.47. The van der Waals surface area contributed by atoms with Crippen molar-refractivity contribution >= 4 is 0 Å². The molecule has 0 bridgehead atoms. The molecule has 3 heteroatoms. The highest BCUT2D eigenvalue weighted by atomic mass is 16.5. The zero-order chi connectivity index (χ0) is 9.80. The maximum absolute atomic E-state index is 8.64. The van der Waals surface area contributed by atoms with Crippen LogP contribution in [-0.4, -0.2) is 31.4 Å². The van der Waals surface area contributed by atoms with Crippen molar-refractivity contribution in [3.05, 3.63) is 29.8 Å². The van der Waals surface area contributed by atoms with Crippen molar-refractivity contribution in [2.24, 2.45) is 0 Å². The van der Waals surface area contributed by atoms with Gasteiger partial charge in [0.2, 0.25) is 0 Å². The van der Waals surface area contributed by atoms with Gasteiger partial charge in [0.05, 0.1) is 13.2 Å². The zero-order valence-electron chi connectivity index (χ0n) is 8.07. The third-order valence-electron chi connectivity index (χ3n) is 2.48. The van der Waals surface area contributed by atoms with E-state index in [4.69, 9.17) is 9.84 Å². The van der Waals surface area contributed by atoms with Crippen LogP contribution in [0.15, 0.2) is 24.3 Å². The fourth-order valence-corrected chi connectivity index (χ4v) is 1.75. The Hall–Kier alpha value is -1.06. The molecular weight excluding hydrogens is 178 g/mol. The first-order valence-corrected chi connectivity index (χ1v) is 4.95. The van der Waals surface area contributed by atoms with Crippen molar-refractivity contribution < 1.29 is 9.84 Å². The second-order valence-corrected chi connectivity index (χ2v) is 3.47. The zero-order valence-corrected chi connectivity index (χ0v) is 8.07. The summed E-state index contributed by atoms with van der Waals surface area (Å²) in [6.07, 6.45) is 0. The van der Waals surface area contributed by atoms with Gasteiger partial charge in [-0.1, -0.05) is 18.2 Å². The van der Waals surface area contributed by atoms with Gasteiger partial charge in [-0.15, -0.1) is 0 Å². The summed E-state index contributed by atoms with van der Waals surface area (Å²) in [5.74, 6) is 1.43. The van der Waals surface area contributed by atoms with Crippen LogP contribution in [0.5, 0.6) is 5.75 Å². The number of aliphatic hydroxyl groups is 1. The lowest BCUT2D eigenvalue weighted by Gasteiger charge is -2.08. The molecule has 1 aliphatic rings. The van der Waals surface area contributed by atoms with E-state index in [0.717, 1.165) is 18.9 Å². The van der Waals surface area contributed by atoms with Crippen LogP contribution >= 0.6 is 0 Å². The van der Waals surface area contributed by atoms with Crippen LogP contribution in [0, 0.1) is 0 Å². The van der Waals surface area contributed by atoms with Crippen LogP contribution in [0.4, 0.5) is 0 Å². The molecule has 1 unspecified atom stereocenters. The Labute approximate surface area is 83.7 Å². The van der Waals surface area contributed by atoms with Crippen molar-refractivity contribution in [1.82, 2.24) is 5.32 Å². The molecule has 1 aliphatic heterocycles. The van der Waals surface area contributed by atoms with Crippen molar-refractivity contribution in [2.75, 3.05) is 26.3 Å². The van der Waals surface area contributed by atoms with Crippen LogP contribution in [0.1, 0.15) is 11.5 Å². The van der Waals surface area contributed by atoms with E-state index in [9.17, 15) is 0 Å². The predicted octanol–water partition coefficient (Wildman–Crippen LogP) is 0.744. The highest BCUT2D eigenvalue weighted by Crippen LogP contribution is 2.32. The lowest BCUT2D eigenvalue weighted by atomic mass is 10.0. The van der Waals surface area contributed by atoms with E-state index >= 15 is 0 Å². The first-order chi connectivity index (χ1) is 6.92. The summed E-state index contributed by atoms with van der Waals surface area (Å²) in [6.45, 7) is 2.46. The number of hydrogen-bond acceptors (Lipinski definition) is 3. The highest BCUT2D eigenvalue weighted by molar-refractivity contribution is 5.39. The molecule has 0 spiro atoms. The fraction of sp³-hybridized carbons (Fsp3) is 0.455. The van der Waals surface area contributed by atoms with Gasteiger partial charge >= 0.3 is 0 Å². The largest absolute Gasteiger partial charge is 0.493 e. The molecule has 2 N–H and O–H groups in total. The van der Waals surface area contributed by atoms with Crippen molar-refractivity contribution in [2.45, 2.75) is 5.92 Å². The summed E-state index contributed by atoms with van der Waals surface area (Å²) < 4.78 is 5.54. The van der Waals surface area contributed by atoms with Gasteiger partial charge in [-0.3, -0.25) is 0 Å². The predicted molar refractivity (Wildman–Crippen MR) is 54.6 cm³/mol. The second kappa shape index (κ2) is 4.44. The van der Waals surface area contributed by atoms with E-state index in [1.165, 1.54) is 5.56 Å². The van der Waals surface area contributed by atoms with Gasteiger partial charge in [0.1, 0.15) is 5.75 Å². The lowest BCUT2D eigenvalue weighted by Crippen LogP contribution is -2.25. The van der Waals surface area contributed by atoms with Crippen molar-refractivity contribution in [3.63, 3.8) is 0 Å². The van der Waals surface area contributed by atoms with E-state index < -0.39 is 0 Å². The van der Waals surface area contributed by atoms with E-state index in [2.05, 4.69) is 11.4 Å². The number of benzene rings is 1. The van der Waals surface area contributed by atoms with Crippen LogP contribution in [-0.2, 0) is 0 Å². The molecule has 0 aromatic heterocycles. The van der Waals surface area contributed by atoms with Crippen LogP contribution in [0.3, 0.4) is 0 Å². The van der Waals surface area contributed by atoms with Gasteiger partial charge in [0.15, 0.2) is 0 Å². The van der Waals surface area contributed by atoms with E-state index in [1.54, 1.807) is 0 Å². The summed E-state index contributed by atoms with van der Waals surface area (Å²) in [5.41, 5.74) is 1.28. The molecular formula is C11H15NO2. The monoisotopic (exact) mass is 193 g/mol. The number of nitrogens with one attached hydrogen (secondary N) is 1. The molecule has 76 valence electrons. The first-order valence-electron chi connectivity index (χ1n) is 4.95. The Morgan fingerprint density at radius 1 is 1.43 bits per heavy atom. The minimum atomic E-state index is 0.190. The average molecular weight is 193 g/mol. The number of fused-ring (bicyclic) bond motifs is 1. The molecule has 1 heterocycles. The van der Waals surface area contributed by atoms with Crippen LogP contribution < -0.4 is 10.1 Å². The smallest absolute Gasteiger partial charge is 0.122 e. The number of para-hydroxylation sites is 1. The summed E-state index contributed by atoms with van der Waals surface area (Å²) in [7, 11) is 0. The topological polar surface area (TPSA) is 41.5 Å². The number of rotatable bonds is 4. The minimum Gasteiger partial charge on any atom is -0.493 e. The van der Waals surface area contributed by atoms with E-state index in [-0.39, 0.29) is 6.61 Å². The van der Waals surface area contributed by atoms with Gasteiger partial charge < -0.3 is 15.2 Å². The normalized spacial score (nSPS) is 19.1. The van der Waals surface area contributed by atoms with E-state index in [0.29, 0.717) is 12.5 Å². The Bertz CT molecular complexity index is 301. The Morgan fingerprint density at radius 3 is 3.14 bits per heavy atom. The summed E-state index contributed by atoms with van der Waals surface area (Å²) in [5, 5.41) is 11.8. The van der Waals surface area contributed by atoms with Gasteiger partial charge in [-0.2, -0.15) is 0 Å². The summed E-state index contributed by atoms with van der Waals surface area (Å²) in [4.78, 5) is 0. The number of hydrogen-bond donors (Lipinski definition) is 2. The highest BCUT2D eigenvalue weighted by Gasteiger charge is 2.22. The molecule has 1 aromatic carbocycles. The molecule has 0 aliphatic carbocycles. The third kappa shape index (κ3) is 1.89. The molecule has 0 saturated carbocycles. The van der Waals surface area contributed by atoms with Crippen LogP contribution in [0.2, 0.25) is 0 Å². The maximum atomic E-state index is 8.64. The van der Waals surface area contributed by atoms with Gasteiger partial charge in [0, 0.05) is 24.6 Å². The molecule has 2 rings (SSSR count). The van der Waals surface area contributed by atoms with Gasteiger partial charge in [-0.25, -0.2) is 0 Å². The van der Waals surface area contributed by atoms with Crippen LogP contribution in [0.25, 0.3) is 0 Å². The lowest BCUT2D eigenvalue weighted by molar-refractivity contribution is 0.284. The SMILES string of the molecule is OCCNCC1COc2ccccc21. The fourth-order valence-electron chi connectivity index (χ4n) is 1.75. The Kier molecular flexibility index (Phi) is 3.01. The van der Waals surface area contributed by atoms with Gasteiger partial charge in [-0.05, 0) is 6.07 Å². The average Bonchev–Trinajstić information content (AvgIpc) is 2.63. The molecule has 1 aromatic rings. The first kappa shape index (κ1) is 9.49. The molecule has 0 amide bonds. The third-order valence-corrected chi connectivity index (χ3v) is 2.48. The maximum Gasteiger partial charge on any atom is 0.122 e. The Morgan fingerprint density at radius 2 is 2.29 bits per heavy atom. The molecule has 0 fully saturated rings. The molecule has 0 saturated heterocycles. The summed E-state index contributed by atoms with van der Waals surface area (Å²) in [6, 6.07) is 8.13. The molecule has 14 heavy (non-hydrogen) atoms. The number of aliphatic hydroxyl groups excluding tert-OH is 1. The van der Waals surface area contributed by atoms with Crippen molar-refractivity contribution in [3.8, 4) is 5.75 Å². The Balaban J connectivity index is 1.96. The standard InChI is InChI=1S/C11H15NO2/c13-6-5-12-7-9-8-14-11-4-2-1-3-10(9)11/h1-4,9,12-13H,5-8H2. The quantitative estimate of drug-likeness (QED) is 0.693. The number of ether oxygens (including phenoxy) is 1. The summed E-state index contributed by atoms with van der Waals surface area (Å²) >= 11 is 0. The van der Waals surface area contributed by atoms with Gasteiger partial charge in [0.25, 0.3) is 0 Å². The molecule has 0 radical (unpaired) electrons. The molecule has 3 nitrogen and oxygen atoms in total.